The van der Waals surface area contributed by atoms with Gasteiger partial charge in [-0.15, -0.1) is 0 Å². The molecule has 0 saturated heterocycles. The lowest BCUT2D eigenvalue weighted by Gasteiger charge is -2.08. The van der Waals surface area contributed by atoms with Gasteiger partial charge in [0, 0.05) is 5.57 Å². The largest absolute Gasteiger partial charge is 0.507 e. The van der Waals surface area contributed by atoms with E-state index in [4.69, 9.17) is 9.47 Å². The minimum Gasteiger partial charge on any atom is -0.507 e. The first-order valence-corrected chi connectivity index (χ1v) is 5.83. The van der Waals surface area contributed by atoms with Gasteiger partial charge in [0.05, 0.1) is 6.61 Å². The Morgan fingerprint density at radius 1 is 1.37 bits per heavy atom. The summed E-state index contributed by atoms with van der Waals surface area (Å²) in [6.07, 6.45) is 0.677. The molecule has 5 heteroatoms. The Bertz CT molecular complexity index is 505. The van der Waals surface area contributed by atoms with Crippen LogP contribution in [0.3, 0.4) is 0 Å². The van der Waals surface area contributed by atoms with Crippen molar-refractivity contribution in [3.8, 4) is 11.5 Å². The quantitative estimate of drug-likeness (QED) is 0.502. The zero-order valence-corrected chi connectivity index (χ0v) is 10.9. The van der Waals surface area contributed by atoms with E-state index in [-0.39, 0.29) is 29.2 Å². The molecular weight excluding hydrogens is 248 g/mol. The fraction of sp³-hybridized carbons (Fsp3) is 0.286. The standard InChI is InChI=1S/C14H16O5/c1-4-7-18-14(17)11-8-10(5-6-12(11)15)19-13(16)9(2)3/h5-6,8,15H,2,4,7H2,1,3H3. The maximum absolute atomic E-state index is 11.7. The Kier molecular flexibility index (Phi) is 5.11. The molecule has 0 unspecified atom stereocenters. The molecule has 1 aromatic carbocycles. The predicted molar refractivity (Wildman–Crippen MR) is 69.1 cm³/mol. The summed E-state index contributed by atoms with van der Waals surface area (Å²) >= 11 is 0. The summed E-state index contributed by atoms with van der Waals surface area (Å²) in [6.45, 7) is 7.08. The second-order valence-corrected chi connectivity index (χ2v) is 3.98. The third-order valence-corrected chi connectivity index (χ3v) is 2.18. The maximum atomic E-state index is 11.7. The van der Waals surface area contributed by atoms with Crippen LogP contribution in [0.1, 0.15) is 30.6 Å². The van der Waals surface area contributed by atoms with Crippen LogP contribution in [0.15, 0.2) is 30.4 Å². The van der Waals surface area contributed by atoms with Crippen LogP contribution in [-0.4, -0.2) is 23.7 Å². The highest BCUT2D eigenvalue weighted by Crippen LogP contribution is 2.24. The van der Waals surface area contributed by atoms with Crippen LogP contribution >= 0.6 is 0 Å². The molecule has 1 aromatic rings. The Balaban J connectivity index is 2.91. The van der Waals surface area contributed by atoms with E-state index in [1.807, 2.05) is 6.92 Å². The average molecular weight is 264 g/mol. The van der Waals surface area contributed by atoms with E-state index in [0.29, 0.717) is 6.42 Å². The normalized spacial score (nSPS) is 9.79. The lowest BCUT2D eigenvalue weighted by atomic mass is 10.2. The average Bonchev–Trinajstić information content (AvgIpc) is 2.37. The summed E-state index contributed by atoms with van der Waals surface area (Å²) in [5.41, 5.74) is 0.198. The number of aromatic hydroxyl groups is 1. The zero-order chi connectivity index (χ0) is 14.4. The molecule has 0 radical (unpaired) electrons. The van der Waals surface area contributed by atoms with E-state index < -0.39 is 11.9 Å². The molecule has 0 atom stereocenters. The fourth-order valence-corrected chi connectivity index (χ4v) is 1.21. The van der Waals surface area contributed by atoms with Gasteiger partial charge in [0.2, 0.25) is 0 Å². The van der Waals surface area contributed by atoms with Crippen LogP contribution in [0.25, 0.3) is 0 Å². The number of esters is 2. The highest BCUT2D eigenvalue weighted by atomic mass is 16.5. The van der Waals surface area contributed by atoms with Gasteiger partial charge in [-0.2, -0.15) is 0 Å². The number of rotatable bonds is 5. The Hall–Kier alpha value is -2.30. The number of carbonyl (C=O) groups is 2. The van der Waals surface area contributed by atoms with Crippen molar-refractivity contribution in [2.24, 2.45) is 0 Å². The first kappa shape index (κ1) is 14.8. The molecule has 0 amide bonds. The lowest BCUT2D eigenvalue weighted by molar-refractivity contribution is -0.130. The second kappa shape index (κ2) is 6.58. The van der Waals surface area contributed by atoms with Crippen LogP contribution in [0.5, 0.6) is 11.5 Å². The third-order valence-electron chi connectivity index (χ3n) is 2.18. The van der Waals surface area contributed by atoms with Crippen molar-refractivity contribution in [1.82, 2.24) is 0 Å². The van der Waals surface area contributed by atoms with Crippen LogP contribution in [0.2, 0.25) is 0 Å². The van der Waals surface area contributed by atoms with E-state index in [0.717, 1.165) is 0 Å². The van der Waals surface area contributed by atoms with Crippen LogP contribution < -0.4 is 4.74 Å². The minimum atomic E-state index is -0.660. The summed E-state index contributed by atoms with van der Waals surface area (Å²) in [4.78, 5) is 23.0. The van der Waals surface area contributed by atoms with Gasteiger partial charge in [0.1, 0.15) is 17.1 Å². The maximum Gasteiger partial charge on any atom is 0.342 e. The van der Waals surface area contributed by atoms with Crippen LogP contribution in [0.4, 0.5) is 0 Å². The van der Waals surface area contributed by atoms with Crippen molar-refractivity contribution in [3.63, 3.8) is 0 Å². The third kappa shape index (κ3) is 4.13. The van der Waals surface area contributed by atoms with Crippen LogP contribution in [-0.2, 0) is 9.53 Å². The van der Waals surface area contributed by atoms with Gasteiger partial charge < -0.3 is 14.6 Å². The molecule has 102 valence electrons. The molecular formula is C14H16O5. The molecule has 1 rings (SSSR count). The summed E-state index contributed by atoms with van der Waals surface area (Å²) < 4.78 is 9.88. The SMILES string of the molecule is C=C(C)C(=O)Oc1ccc(O)c(C(=O)OCCC)c1. The molecule has 0 aliphatic rings. The topological polar surface area (TPSA) is 72.8 Å². The number of phenols is 1. The lowest BCUT2D eigenvalue weighted by Crippen LogP contribution is -2.10. The van der Waals surface area contributed by atoms with Crippen molar-refractivity contribution >= 4 is 11.9 Å². The van der Waals surface area contributed by atoms with Crippen molar-refractivity contribution in [1.29, 1.82) is 0 Å². The molecule has 19 heavy (non-hydrogen) atoms. The fourth-order valence-electron chi connectivity index (χ4n) is 1.21. The van der Waals surface area contributed by atoms with Gasteiger partial charge in [0.25, 0.3) is 0 Å². The van der Waals surface area contributed by atoms with E-state index in [1.54, 1.807) is 0 Å². The van der Waals surface area contributed by atoms with Crippen molar-refractivity contribution in [3.05, 3.63) is 35.9 Å². The predicted octanol–water partition coefficient (Wildman–Crippen LogP) is 2.44. The molecule has 0 aromatic heterocycles. The smallest absolute Gasteiger partial charge is 0.342 e. The number of carbonyl (C=O) groups excluding carboxylic acids is 2. The second-order valence-electron chi connectivity index (χ2n) is 3.98. The van der Waals surface area contributed by atoms with E-state index in [1.165, 1.54) is 25.1 Å². The number of phenolic OH excluding ortho intramolecular Hbond substituents is 1. The summed E-state index contributed by atoms with van der Waals surface area (Å²) in [5.74, 6) is -1.34. The van der Waals surface area contributed by atoms with Gasteiger partial charge >= 0.3 is 11.9 Å². The number of hydrogen-bond acceptors (Lipinski definition) is 5. The number of benzene rings is 1. The summed E-state index contributed by atoms with van der Waals surface area (Å²) in [6, 6.07) is 3.91. The van der Waals surface area contributed by atoms with E-state index in [2.05, 4.69) is 6.58 Å². The first-order chi connectivity index (χ1) is 8.95. The van der Waals surface area contributed by atoms with Gasteiger partial charge in [-0.3, -0.25) is 0 Å². The summed E-state index contributed by atoms with van der Waals surface area (Å²) in [7, 11) is 0. The Labute approximate surface area is 111 Å². The highest BCUT2D eigenvalue weighted by Gasteiger charge is 2.15. The molecule has 1 N–H and O–H groups in total. The molecule has 0 fully saturated rings. The molecule has 0 aliphatic heterocycles. The Morgan fingerprint density at radius 2 is 2.05 bits per heavy atom. The summed E-state index contributed by atoms with van der Waals surface area (Å²) in [5, 5.41) is 9.59. The highest BCUT2D eigenvalue weighted by molar-refractivity contribution is 5.93. The van der Waals surface area contributed by atoms with Gasteiger partial charge in [-0.05, 0) is 31.5 Å². The van der Waals surface area contributed by atoms with Crippen LogP contribution in [0, 0.1) is 0 Å². The van der Waals surface area contributed by atoms with E-state index >= 15 is 0 Å². The molecule has 0 spiro atoms. The van der Waals surface area contributed by atoms with Gasteiger partial charge in [-0.1, -0.05) is 13.5 Å². The number of hydrogen-bond donors (Lipinski definition) is 1. The van der Waals surface area contributed by atoms with Crippen molar-refractivity contribution < 1.29 is 24.2 Å². The monoisotopic (exact) mass is 264 g/mol. The van der Waals surface area contributed by atoms with Crippen molar-refractivity contribution in [2.75, 3.05) is 6.61 Å². The molecule has 0 saturated carbocycles. The van der Waals surface area contributed by atoms with E-state index in [9.17, 15) is 14.7 Å². The van der Waals surface area contributed by atoms with Crippen molar-refractivity contribution in [2.45, 2.75) is 20.3 Å². The molecule has 0 aliphatic carbocycles. The minimum absolute atomic E-state index is 0.0412. The molecule has 0 bridgehead atoms. The molecule has 5 nitrogen and oxygen atoms in total. The number of ether oxygens (including phenoxy) is 2. The zero-order valence-electron chi connectivity index (χ0n) is 10.9. The first-order valence-electron chi connectivity index (χ1n) is 5.83. The molecule has 0 heterocycles. The van der Waals surface area contributed by atoms with Gasteiger partial charge in [0.15, 0.2) is 0 Å². The Morgan fingerprint density at radius 3 is 2.63 bits per heavy atom. The van der Waals surface area contributed by atoms with Gasteiger partial charge in [-0.25, -0.2) is 9.59 Å².